The molecule has 0 bridgehead atoms. The van der Waals surface area contributed by atoms with E-state index in [9.17, 15) is 13.2 Å². The van der Waals surface area contributed by atoms with Crippen LogP contribution >= 0.6 is 0 Å². The number of rotatable bonds is 7. The van der Waals surface area contributed by atoms with Gasteiger partial charge < -0.3 is 10.6 Å². The highest BCUT2D eigenvalue weighted by Gasteiger charge is 2.28. The third-order valence-corrected chi connectivity index (χ3v) is 7.11. The summed E-state index contributed by atoms with van der Waals surface area (Å²) in [5.41, 5.74) is 3.70. The highest BCUT2D eigenvalue weighted by Crippen LogP contribution is 2.13. The van der Waals surface area contributed by atoms with Crippen molar-refractivity contribution in [2.75, 3.05) is 45.6 Å². The Hall–Kier alpha value is -2.53. The van der Waals surface area contributed by atoms with Crippen LogP contribution < -0.4 is 10.6 Å². The Morgan fingerprint density at radius 3 is 2.26 bits per heavy atom. The predicted octanol–water partition coefficient (Wildman–Crippen LogP) is 1.64. The first kappa shape index (κ1) is 23.1. The van der Waals surface area contributed by atoms with Crippen LogP contribution in [0.4, 0.5) is 10.5 Å². The van der Waals surface area contributed by atoms with Gasteiger partial charge >= 0.3 is 6.03 Å². The molecule has 31 heavy (non-hydrogen) atoms. The molecule has 1 aromatic heterocycles. The molecule has 10 heteroatoms. The second-order valence-corrected chi connectivity index (χ2v) is 9.92. The van der Waals surface area contributed by atoms with Gasteiger partial charge in [0, 0.05) is 59.1 Å². The zero-order valence-corrected chi connectivity index (χ0v) is 19.0. The molecule has 1 fully saturated rings. The first-order valence-corrected chi connectivity index (χ1v) is 11.6. The molecule has 2 aromatic rings. The Morgan fingerprint density at radius 2 is 1.68 bits per heavy atom. The maximum Gasteiger partial charge on any atom is 0.319 e. The summed E-state index contributed by atoms with van der Waals surface area (Å²) in [6.07, 6.45) is 1.62. The molecule has 168 valence electrons. The number of nitrogens with one attached hydrogen (secondary N) is 2. The maximum atomic E-state index is 12.2. The largest absolute Gasteiger partial charge is 0.334 e. The molecule has 1 aliphatic heterocycles. The molecule has 0 atom stereocenters. The fourth-order valence-electron chi connectivity index (χ4n) is 3.27. The van der Waals surface area contributed by atoms with Gasteiger partial charge in [0.25, 0.3) is 10.2 Å². The summed E-state index contributed by atoms with van der Waals surface area (Å²) in [5.74, 6) is 0. The number of carbonyl (C=O) groups is 1. The Balaban J connectivity index is 1.43. The number of hydrogen-bond donors (Lipinski definition) is 2. The van der Waals surface area contributed by atoms with Crippen molar-refractivity contribution in [3.05, 3.63) is 59.4 Å². The van der Waals surface area contributed by atoms with E-state index in [4.69, 9.17) is 0 Å². The molecule has 2 N–H and O–H groups in total. The first-order chi connectivity index (χ1) is 14.7. The van der Waals surface area contributed by atoms with E-state index in [1.165, 1.54) is 8.61 Å². The van der Waals surface area contributed by atoms with Gasteiger partial charge in [-0.3, -0.25) is 9.88 Å². The van der Waals surface area contributed by atoms with Crippen LogP contribution in [0.1, 0.15) is 16.8 Å². The zero-order chi connectivity index (χ0) is 22.4. The molecule has 0 aliphatic carbocycles. The molecule has 3 rings (SSSR count). The number of urea groups is 1. The second-order valence-electron chi connectivity index (χ2n) is 7.78. The van der Waals surface area contributed by atoms with Gasteiger partial charge in [-0.05, 0) is 30.2 Å². The molecule has 1 aromatic carbocycles. The van der Waals surface area contributed by atoms with Crippen LogP contribution in [0.3, 0.4) is 0 Å². The van der Waals surface area contributed by atoms with Crippen LogP contribution in [0, 0.1) is 6.92 Å². The maximum absolute atomic E-state index is 12.2. The monoisotopic (exact) mass is 446 g/mol. The van der Waals surface area contributed by atoms with E-state index in [1.54, 1.807) is 20.3 Å². The molecule has 2 amide bonds. The summed E-state index contributed by atoms with van der Waals surface area (Å²) in [4.78, 5) is 18.4. The fourth-order valence-corrected chi connectivity index (χ4v) is 4.36. The Kier molecular flexibility index (Phi) is 7.60. The lowest BCUT2D eigenvalue weighted by Crippen LogP contribution is -2.51. The number of piperazine rings is 1. The minimum absolute atomic E-state index is 0.278. The van der Waals surface area contributed by atoms with E-state index in [2.05, 4.69) is 20.5 Å². The quantitative estimate of drug-likeness (QED) is 0.674. The van der Waals surface area contributed by atoms with Gasteiger partial charge in [-0.2, -0.15) is 17.0 Å². The van der Waals surface area contributed by atoms with Crippen molar-refractivity contribution in [3.63, 3.8) is 0 Å². The number of pyridine rings is 1. The van der Waals surface area contributed by atoms with Crippen LogP contribution in [0.5, 0.6) is 0 Å². The number of hydrogen-bond acceptors (Lipinski definition) is 5. The standard InChI is InChI=1S/C21H30N6O3S/c1-17-4-9-20(15-22-17)24-21(28)23-14-18-5-7-19(8-6-18)16-26-10-12-27(13-11-26)31(29,30)25(2)3/h4-9,15H,10-14,16H2,1-3H3,(H2,23,24,28). The lowest BCUT2D eigenvalue weighted by molar-refractivity contribution is 0.177. The van der Waals surface area contributed by atoms with Crippen molar-refractivity contribution in [2.24, 2.45) is 0 Å². The van der Waals surface area contributed by atoms with E-state index < -0.39 is 10.2 Å². The van der Waals surface area contributed by atoms with Gasteiger partial charge in [0.2, 0.25) is 0 Å². The number of amides is 2. The van der Waals surface area contributed by atoms with Crippen molar-refractivity contribution in [1.29, 1.82) is 0 Å². The molecule has 0 radical (unpaired) electrons. The third-order valence-electron chi connectivity index (χ3n) is 5.17. The number of benzene rings is 1. The van der Waals surface area contributed by atoms with Gasteiger partial charge in [-0.1, -0.05) is 24.3 Å². The van der Waals surface area contributed by atoms with E-state index in [0.29, 0.717) is 38.4 Å². The van der Waals surface area contributed by atoms with Crippen molar-refractivity contribution in [1.82, 2.24) is 23.8 Å². The van der Waals surface area contributed by atoms with Gasteiger partial charge in [0.15, 0.2) is 0 Å². The molecule has 1 saturated heterocycles. The number of carbonyl (C=O) groups excluding carboxylic acids is 1. The molecule has 2 heterocycles. The molecule has 0 unspecified atom stereocenters. The molecular formula is C21H30N6O3S. The molecular weight excluding hydrogens is 416 g/mol. The number of nitrogens with zero attached hydrogens (tertiary/aromatic N) is 4. The van der Waals surface area contributed by atoms with Crippen LogP contribution in [0.2, 0.25) is 0 Å². The van der Waals surface area contributed by atoms with Gasteiger partial charge in [-0.15, -0.1) is 0 Å². The number of aromatic nitrogens is 1. The van der Waals surface area contributed by atoms with Crippen molar-refractivity contribution < 1.29 is 13.2 Å². The second kappa shape index (κ2) is 10.2. The van der Waals surface area contributed by atoms with Crippen molar-refractivity contribution in [2.45, 2.75) is 20.0 Å². The summed E-state index contributed by atoms with van der Waals surface area (Å²) in [5, 5.41) is 5.59. The zero-order valence-electron chi connectivity index (χ0n) is 18.2. The lowest BCUT2D eigenvalue weighted by atomic mass is 10.1. The summed E-state index contributed by atoms with van der Waals surface area (Å²) in [6.45, 7) is 5.47. The Labute approximate surface area is 184 Å². The highest BCUT2D eigenvalue weighted by atomic mass is 32.2. The predicted molar refractivity (Wildman–Crippen MR) is 121 cm³/mol. The van der Waals surface area contributed by atoms with Crippen molar-refractivity contribution >= 4 is 21.9 Å². The number of anilines is 1. The Bertz CT molecular complexity index is 969. The normalized spacial score (nSPS) is 15.7. The smallest absolute Gasteiger partial charge is 0.319 e. The average Bonchev–Trinajstić information content (AvgIpc) is 2.75. The molecule has 0 saturated carbocycles. The van der Waals surface area contributed by atoms with Crippen LogP contribution in [-0.2, 0) is 23.3 Å². The summed E-state index contributed by atoms with van der Waals surface area (Å²) < 4.78 is 27.2. The minimum Gasteiger partial charge on any atom is -0.334 e. The first-order valence-electron chi connectivity index (χ1n) is 10.2. The molecule has 0 spiro atoms. The average molecular weight is 447 g/mol. The van der Waals surface area contributed by atoms with Crippen LogP contribution in [0.25, 0.3) is 0 Å². The Morgan fingerprint density at radius 1 is 1.03 bits per heavy atom. The molecule has 1 aliphatic rings. The fraction of sp³-hybridized carbons (Fsp3) is 0.429. The van der Waals surface area contributed by atoms with E-state index in [-0.39, 0.29) is 6.03 Å². The number of aryl methyl sites for hydroxylation is 1. The third kappa shape index (κ3) is 6.47. The van der Waals surface area contributed by atoms with E-state index in [1.807, 2.05) is 43.3 Å². The van der Waals surface area contributed by atoms with Gasteiger partial charge in [0.1, 0.15) is 0 Å². The van der Waals surface area contributed by atoms with Gasteiger partial charge in [0.05, 0.1) is 11.9 Å². The highest BCUT2D eigenvalue weighted by molar-refractivity contribution is 7.86. The SMILES string of the molecule is Cc1ccc(NC(=O)NCc2ccc(CN3CCN(S(=O)(=O)N(C)C)CC3)cc2)cn1. The molecule has 9 nitrogen and oxygen atoms in total. The minimum atomic E-state index is -3.34. The van der Waals surface area contributed by atoms with E-state index in [0.717, 1.165) is 23.4 Å². The summed E-state index contributed by atoms with van der Waals surface area (Å²) in [7, 11) is -0.226. The summed E-state index contributed by atoms with van der Waals surface area (Å²) >= 11 is 0. The lowest BCUT2D eigenvalue weighted by Gasteiger charge is -2.35. The van der Waals surface area contributed by atoms with E-state index >= 15 is 0 Å². The van der Waals surface area contributed by atoms with Crippen molar-refractivity contribution in [3.8, 4) is 0 Å². The van der Waals surface area contributed by atoms with Gasteiger partial charge in [-0.25, -0.2) is 4.79 Å². The van der Waals surface area contributed by atoms with Crippen LogP contribution in [-0.4, -0.2) is 73.2 Å². The van der Waals surface area contributed by atoms with Crippen LogP contribution in [0.15, 0.2) is 42.6 Å². The summed E-state index contributed by atoms with van der Waals surface area (Å²) in [6, 6.07) is 11.5. The topological polar surface area (TPSA) is 97.9 Å².